The largest absolute Gasteiger partial charge is 0.480 e. The molecule has 0 aliphatic carbocycles. The lowest BCUT2D eigenvalue weighted by atomic mass is 9.82. The van der Waals surface area contributed by atoms with Crippen molar-refractivity contribution in [3.8, 4) is 0 Å². The molecule has 8 atom stereocenters. The van der Waals surface area contributed by atoms with E-state index in [4.69, 9.17) is 29.8 Å². The number of aliphatic hydroxyl groups is 2. The van der Waals surface area contributed by atoms with Crippen LogP contribution in [0, 0.1) is 5.92 Å². The number of carboxylic acid groups (broad SMARTS) is 1. The number of ether oxygens (including phenoxy) is 4. The van der Waals surface area contributed by atoms with E-state index in [-0.39, 0.29) is 39.0 Å². The third-order valence-electron chi connectivity index (χ3n) is 6.52. The maximum Gasteiger partial charge on any atom is 0.329 e. The van der Waals surface area contributed by atoms with E-state index in [1.54, 1.807) is 13.8 Å². The van der Waals surface area contributed by atoms with Gasteiger partial charge in [0.05, 0.1) is 33.3 Å². The molecule has 0 bridgehead atoms. The first-order valence-electron chi connectivity index (χ1n) is 13.3. The Morgan fingerprint density at radius 1 is 1.21 bits per heavy atom. The third kappa shape index (κ3) is 8.32. The van der Waals surface area contributed by atoms with Crippen LogP contribution in [0.1, 0.15) is 41.4 Å². The van der Waals surface area contributed by atoms with Gasteiger partial charge in [-0.2, -0.15) is 0 Å². The molecule has 0 aromatic carbocycles. The van der Waals surface area contributed by atoms with Crippen LogP contribution in [0.3, 0.4) is 0 Å². The predicted octanol–water partition coefficient (Wildman–Crippen LogP) is -2.47. The molecule has 0 radical (unpaired) electrons. The molecule has 2 aliphatic rings. The SMILES string of the molecule is [2H][C@@]1(C(=O)N[C@@H](CCC(=O)OCC)C(=O)OCC)C(C2O[C@H](CO)[C@@H](O)[C@H](OCC(=O)O)[C@H]2N)CCN1C(C)=O. The van der Waals surface area contributed by atoms with Crippen LogP contribution in [0.4, 0.5) is 0 Å². The Kier molecular flexibility index (Phi) is 11.9. The number of hydrogen-bond donors (Lipinski definition) is 5. The van der Waals surface area contributed by atoms with Gasteiger partial charge < -0.3 is 50.2 Å². The Balaban J connectivity index is 2.41. The van der Waals surface area contributed by atoms with Gasteiger partial charge in [0.25, 0.3) is 0 Å². The summed E-state index contributed by atoms with van der Waals surface area (Å²) < 4.78 is 30.2. The van der Waals surface area contributed by atoms with Gasteiger partial charge in [0, 0.05) is 25.8 Å². The van der Waals surface area contributed by atoms with E-state index in [1.807, 2.05) is 0 Å². The van der Waals surface area contributed by atoms with Crippen LogP contribution >= 0.6 is 0 Å². The molecule has 0 saturated carbocycles. The highest BCUT2D eigenvalue weighted by molar-refractivity contribution is 5.91. The number of aliphatic hydroxyl groups excluding tert-OH is 2. The molecule has 2 fully saturated rings. The summed E-state index contributed by atoms with van der Waals surface area (Å²) in [6.45, 7) is 2.81. The summed E-state index contributed by atoms with van der Waals surface area (Å²) in [6, 6.07) is -5.01. The first-order chi connectivity index (χ1) is 18.8. The molecule has 6 N–H and O–H groups in total. The first kappa shape index (κ1) is 30.7. The van der Waals surface area contributed by atoms with Crippen LogP contribution in [0.15, 0.2) is 0 Å². The Hall–Kier alpha value is -2.85. The lowest BCUT2D eigenvalue weighted by molar-refractivity contribution is -0.216. The number of nitrogens with one attached hydrogen (secondary N) is 1. The van der Waals surface area contributed by atoms with E-state index in [9.17, 15) is 35.6 Å². The number of carbonyl (C=O) groups excluding carboxylic acids is 4. The number of nitrogens with two attached hydrogens (primary N) is 1. The molecule has 0 aromatic rings. The topological polar surface area (TPSA) is 224 Å². The summed E-state index contributed by atoms with van der Waals surface area (Å²) in [5.41, 5.74) is 6.31. The number of hydrogen-bond acceptors (Lipinski definition) is 12. The smallest absolute Gasteiger partial charge is 0.329 e. The van der Waals surface area contributed by atoms with Crippen molar-refractivity contribution in [3.63, 3.8) is 0 Å². The maximum atomic E-state index is 13.7. The summed E-state index contributed by atoms with van der Waals surface area (Å²) in [6.07, 6.45) is -5.83. The van der Waals surface area contributed by atoms with Gasteiger partial charge in [-0.3, -0.25) is 14.4 Å². The quantitative estimate of drug-likeness (QED) is 0.147. The molecule has 2 amide bonds. The zero-order chi connectivity index (χ0) is 30.2. The fourth-order valence-electron chi connectivity index (χ4n) is 4.77. The standard InChI is InChI=1S/C24H39N3O12/c1-4-36-17(32)7-6-14(24(35)37-5-2)26-23(34)19-13(8-9-27(19)12(3)29)21-18(25)22(38-11-16(30)31)20(33)15(10-28)39-21/h13-15,18-22,28,33H,4-11,25H2,1-3H3,(H,26,34)(H,30,31)/t13?,14-,15+,18-,19-,20+,21?,22+/m0/s1/i19D. The van der Waals surface area contributed by atoms with E-state index in [0.29, 0.717) is 0 Å². The highest BCUT2D eigenvalue weighted by Crippen LogP contribution is 2.35. The van der Waals surface area contributed by atoms with E-state index >= 15 is 0 Å². The number of carbonyl (C=O) groups is 5. The number of nitrogens with zero attached hydrogens (tertiary/aromatic N) is 1. The minimum atomic E-state index is -2.39. The van der Waals surface area contributed by atoms with Gasteiger partial charge in [0.2, 0.25) is 11.8 Å². The van der Waals surface area contributed by atoms with Crippen LogP contribution in [0.2, 0.25) is 0 Å². The van der Waals surface area contributed by atoms with Crippen LogP contribution in [-0.2, 0) is 42.9 Å². The van der Waals surface area contributed by atoms with Crippen molar-refractivity contribution >= 4 is 29.7 Å². The third-order valence-corrected chi connectivity index (χ3v) is 6.52. The fourth-order valence-corrected chi connectivity index (χ4v) is 4.77. The van der Waals surface area contributed by atoms with Crippen LogP contribution in [-0.4, -0.2) is 125 Å². The number of aliphatic carboxylic acids is 1. The molecule has 39 heavy (non-hydrogen) atoms. The number of esters is 2. The Bertz CT molecular complexity index is 939. The molecule has 0 aromatic heterocycles. The average molecular weight is 563 g/mol. The zero-order valence-corrected chi connectivity index (χ0v) is 22.2. The van der Waals surface area contributed by atoms with Gasteiger partial charge in [-0.05, 0) is 26.7 Å². The second kappa shape index (κ2) is 15.1. The highest BCUT2D eigenvalue weighted by Gasteiger charge is 2.53. The Morgan fingerprint density at radius 2 is 1.87 bits per heavy atom. The van der Waals surface area contributed by atoms with Crippen molar-refractivity contribution in [1.82, 2.24) is 10.2 Å². The molecule has 222 valence electrons. The fraction of sp³-hybridized carbons (Fsp3) is 0.792. The van der Waals surface area contributed by atoms with Crippen LogP contribution < -0.4 is 11.1 Å². The Morgan fingerprint density at radius 3 is 2.44 bits per heavy atom. The van der Waals surface area contributed by atoms with Gasteiger partial charge in [0.1, 0.15) is 37.0 Å². The van der Waals surface area contributed by atoms with Crippen LogP contribution in [0.25, 0.3) is 0 Å². The van der Waals surface area contributed by atoms with Gasteiger partial charge in [-0.25, -0.2) is 9.59 Å². The minimum absolute atomic E-state index is 0.0216. The van der Waals surface area contributed by atoms with Gasteiger partial charge >= 0.3 is 17.9 Å². The van der Waals surface area contributed by atoms with Gasteiger partial charge in [0.15, 0.2) is 0 Å². The van der Waals surface area contributed by atoms with Crippen molar-refractivity contribution < 1.29 is 59.6 Å². The summed E-state index contributed by atoms with van der Waals surface area (Å²) in [5, 5.41) is 31.8. The molecule has 0 spiro atoms. The van der Waals surface area contributed by atoms with Crippen molar-refractivity contribution in [1.29, 1.82) is 0 Å². The monoisotopic (exact) mass is 562 g/mol. The molecular weight excluding hydrogens is 522 g/mol. The van der Waals surface area contributed by atoms with E-state index in [0.717, 1.165) is 11.8 Å². The van der Waals surface area contributed by atoms with E-state index in [1.165, 1.54) is 0 Å². The molecule has 2 saturated heterocycles. The van der Waals surface area contributed by atoms with Gasteiger partial charge in [-0.1, -0.05) is 0 Å². The van der Waals surface area contributed by atoms with E-state index in [2.05, 4.69) is 5.32 Å². The van der Waals surface area contributed by atoms with Crippen molar-refractivity contribution in [2.45, 2.75) is 82.6 Å². The van der Waals surface area contributed by atoms with Gasteiger partial charge in [-0.15, -0.1) is 0 Å². The highest BCUT2D eigenvalue weighted by atomic mass is 16.6. The normalized spacial score (nSPS) is 31.6. The summed E-state index contributed by atoms with van der Waals surface area (Å²) in [4.78, 5) is 62.8. The molecule has 15 nitrogen and oxygen atoms in total. The maximum absolute atomic E-state index is 13.7. The molecule has 15 heteroatoms. The summed E-state index contributed by atoms with van der Waals surface area (Å²) in [5.74, 6) is -5.67. The molecule has 2 rings (SSSR count). The van der Waals surface area contributed by atoms with Crippen molar-refractivity contribution in [3.05, 3.63) is 0 Å². The molecule has 2 heterocycles. The molecule has 2 aliphatic heterocycles. The predicted molar refractivity (Wildman–Crippen MR) is 131 cm³/mol. The zero-order valence-electron chi connectivity index (χ0n) is 23.2. The molecular formula is C24H39N3O12. The second-order valence-electron chi connectivity index (χ2n) is 9.13. The van der Waals surface area contributed by atoms with E-state index < -0.39 is 91.4 Å². The number of carboxylic acids is 1. The van der Waals surface area contributed by atoms with Crippen molar-refractivity contribution in [2.24, 2.45) is 11.7 Å². The number of likely N-dealkylation sites (tertiary alicyclic amines) is 1. The Labute approximate surface area is 227 Å². The number of amides is 2. The second-order valence-corrected chi connectivity index (χ2v) is 9.13. The first-order valence-corrected chi connectivity index (χ1v) is 12.8. The lowest BCUT2D eigenvalue weighted by Crippen LogP contribution is -2.66. The van der Waals surface area contributed by atoms with Crippen LogP contribution in [0.5, 0.6) is 0 Å². The number of rotatable bonds is 13. The summed E-state index contributed by atoms with van der Waals surface area (Å²) in [7, 11) is 0. The molecule has 2 unspecified atom stereocenters. The average Bonchev–Trinajstić information content (AvgIpc) is 3.24. The lowest BCUT2D eigenvalue weighted by Gasteiger charge is -2.46. The van der Waals surface area contributed by atoms with Crippen molar-refractivity contribution in [2.75, 3.05) is 33.0 Å². The summed E-state index contributed by atoms with van der Waals surface area (Å²) >= 11 is 0. The minimum Gasteiger partial charge on any atom is -0.480 e.